The van der Waals surface area contributed by atoms with Crippen molar-refractivity contribution in [3.05, 3.63) is 0 Å². The lowest BCUT2D eigenvalue weighted by Crippen LogP contribution is -2.58. The van der Waals surface area contributed by atoms with Crippen molar-refractivity contribution in [3.63, 3.8) is 0 Å². The molecule has 0 bridgehead atoms. The van der Waals surface area contributed by atoms with Crippen LogP contribution in [-0.4, -0.2) is 100 Å². The van der Waals surface area contributed by atoms with Gasteiger partial charge in [0.1, 0.15) is 32.8 Å². The van der Waals surface area contributed by atoms with E-state index < -0.39 is 7.82 Å². The summed E-state index contributed by atoms with van der Waals surface area (Å²) in [5.41, 5.74) is 5.38. The SMILES string of the molecule is NCCCCC(=O)NCCC(=O)NCCOCC[N+]1(CCOP(=O)([O-])O)CCOCC1. The Morgan fingerprint density at radius 3 is 2.35 bits per heavy atom. The summed E-state index contributed by atoms with van der Waals surface area (Å²) in [6.45, 7) is 5.50. The number of ether oxygens (including phenoxy) is 2. The van der Waals surface area contributed by atoms with Crippen LogP contribution in [0.2, 0.25) is 0 Å². The fraction of sp³-hybridized carbons (Fsp3) is 0.889. The molecule has 0 aromatic carbocycles. The first-order valence-corrected chi connectivity index (χ1v) is 12.2. The zero-order valence-corrected chi connectivity index (χ0v) is 19.0. The Balaban J connectivity index is 2.12. The molecule has 0 aliphatic carbocycles. The lowest BCUT2D eigenvalue weighted by atomic mass is 10.2. The minimum atomic E-state index is -4.72. The second-order valence-corrected chi connectivity index (χ2v) is 8.65. The molecule has 0 aromatic rings. The van der Waals surface area contributed by atoms with Crippen LogP contribution in [0.5, 0.6) is 0 Å². The van der Waals surface area contributed by atoms with Crippen LogP contribution in [-0.2, 0) is 28.2 Å². The van der Waals surface area contributed by atoms with E-state index in [1.807, 2.05) is 0 Å². The quantitative estimate of drug-likeness (QED) is 0.108. The molecule has 1 aliphatic heterocycles. The van der Waals surface area contributed by atoms with Gasteiger partial charge >= 0.3 is 0 Å². The summed E-state index contributed by atoms with van der Waals surface area (Å²) in [6, 6.07) is 0. The number of nitrogens with one attached hydrogen (secondary N) is 2. The molecule has 1 unspecified atom stereocenters. The van der Waals surface area contributed by atoms with Gasteiger partial charge in [0.25, 0.3) is 7.82 Å². The summed E-state index contributed by atoms with van der Waals surface area (Å²) < 4.78 is 26.8. The van der Waals surface area contributed by atoms with Gasteiger partial charge in [-0.05, 0) is 19.4 Å². The van der Waals surface area contributed by atoms with Gasteiger partial charge < -0.3 is 44.6 Å². The topological polar surface area (TPSA) is 172 Å². The molecule has 1 fully saturated rings. The van der Waals surface area contributed by atoms with E-state index in [4.69, 9.17) is 20.1 Å². The monoisotopic (exact) mass is 468 g/mol. The van der Waals surface area contributed by atoms with E-state index in [1.54, 1.807) is 0 Å². The van der Waals surface area contributed by atoms with Crippen LogP contribution in [0.25, 0.3) is 0 Å². The van der Waals surface area contributed by atoms with Crippen LogP contribution < -0.4 is 21.3 Å². The number of phosphoric ester groups is 1. The van der Waals surface area contributed by atoms with Gasteiger partial charge in [0.15, 0.2) is 0 Å². The molecule has 0 radical (unpaired) electrons. The molecule has 0 spiro atoms. The smallest absolute Gasteiger partial charge is 0.265 e. The highest BCUT2D eigenvalue weighted by atomic mass is 31.2. The standard InChI is InChI=1S/C18H37N4O8P/c19-5-2-1-3-17(23)20-6-4-18(24)21-7-12-28-13-8-22(9-14-29-15-10-22)11-16-30-31(25,26)27/h1-16,19H2,(H3-,20,21,23,24,25,26,27). The molecule has 182 valence electrons. The molecule has 1 heterocycles. The van der Waals surface area contributed by atoms with Gasteiger partial charge in [0.05, 0.1) is 26.4 Å². The molecular weight excluding hydrogens is 431 g/mol. The maximum atomic E-state index is 11.8. The third kappa shape index (κ3) is 14.6. The average Bonchev–Trinajstić information content (AvgIpc) is 2.70. The lowest BCUT2D eigenvalue weighted by Gasteiger charge is -2.41. The summed E-state index contributed by atoms with van der Waals surface area (Å²) in [5, 5.41) is 5.44. The van der Waals surface area contributed by atoms with E-state index in [0.717, 1.165) is 12.8 Å². The highest BCUT2D eigenvalue weighted by molar-refractivity contribution is 7.44. The minimum absolute atomic E-state index is 0.0767. The predicted octanol–water partition coefficient (Wildman–Crippen LogP) is -1.92. The third-order valence-electron chi connectivity index (χ3n) is 5.05. The first-order chi connectivity index (χ1) is 14.8. The summed E-state index contributed by atoms with van der Waals surface area (Å²) in [5.74, 6) is -0.238. The number of unbranched alkanes of at least 4 members (excludes halogenated alkanes) is 1. The van der Waals surface area contributed by atoms with Crippen LogP contribution in [0.3, 0.4) is 0 Å². The fourth-order valence-corrected chi connectivity index (χ4v) is 3.50. The summed E-state index contributed by atoms with van der Waals surface area (Å²) in [7, 11) is -4.72. The van der Waals surface area contributed by atoms with E-state index in [2.05, 4.69) is 15.2 Å². The van der Waals surface area contributed by atoms with Crippen molar-refractivity contribution in [1.29, 1.82) is 0 Å². The summed E-state index contributed by atoms with van der Waals surface area (Å²) in [4.78, 5) is 42.8. The Kier molecular flexibility index (Phi) is 14.1. The Bertz CT molecular complexity index is 569. The molecule has 1 rings (SSSR count). The van der Waals surface area contributed by atoms with Gasteiger partial charge in [0, 0.05) is 25.9 Å². The number of rotatable bonds is 17. The molecule has 1 aliphatic rings. The molecule has 31 heavy (non-hydrogen) atoms. The van der Waals surface area contributed by atoms with Crippen molar-refractivity contribution in [1.82, 2.24) is 10.6 Å². The first-order valence-electron chi connectivity index (χ1n) is 10.7. The Labute approximate surface area is 183 Å². The Morgan fingerprint density at radius 1 is 1.03 bits per heavy atom. The number of carbonyl (C=O) groups is 2. The molecular formula is C18H37N4O8P. The minimum Gasteiger partial charge on any atom is -0.756 e. The maximum Gasteiger partial charge on any atom is 0.265 e. The fourth-order valence-electron chi connectivity index (χ4n) is 3.18. The number of hydrogen-bond donors (Lipinski definition) is 4. The Hall–Kier alpha value is -1.11. The van der Waals surface area contributed by atoms with Crippen molar-refractivity contribution in [2.45, 2.75) is 25.7 Å². The number of nitrogens with zero attached hydrogens (tertiary/aromatic N) is 1. The van der Waals surface area contributed by atoms with Gasteiger partial charge in [-0.15, -0.1) is 0 Å². The third-order valence-corrected chi connectivity index (χ3v) is 5.56. The molecule has 1 atom stereocenters. The molecule has 5 N–H and O–H groups in total. The van der Waals surface area contributed by atoms with Gasteiger partial charge in [0.2, 0.25) is 11.8 Å². The zero-order chi connectivity index (χ0) is 23.0. The number of nitrogens with two attached hydrogens (primary N) is 1. The van der Waals surface area contributed by atoms with Crippen LogP contribution in [0.1, 0.15) is 25.7 Å². The number of quaternary nitrogens is 1. The molecule has 0 aromatic heterocycles. The van der Waals surface area contributed by atoms with Crippen LogP contribution in [0, 0.1) is 0 Å². The van der Waals surface area contributed by atoms with Crippen molar-refractivity contribution >= 4 is 19.6 Å². The summed E-state index contributed by atoms with van der Waals surface area (Å²) in [6.07, 6.45) is 2.17. The van der Waals surface area contributed by atoms with E-state index in [9.17, 15) is 19.0 Å². The lowest BCUT2D eigenvalue weighted by molar-refractivity contribution is -0.935. The largest absolute Gasteiger partial charge is 0.756 e. The van der Waals surface area contributed by atoms with Crippen molar-refractivity contribution in [2.75, 3.05) is 78.8 Å². The number of hydrogen-bond acceptors (Lipinski definition) is 8. The highest BCUT2D eigenvalue weighted by Gasteiger charge is 2.30. The first kappa shape index (κ1) is 27.9. The predicted molar refractivity (Wildman–Crippen MR) is 111 cm³/mol. The number of amides is 2. The second-order valence-electron chi connectivity index (χ2n) is 7.46. The number of morpholine rings is 1. The molecule has 1 saturated heterocycles. The van der Waals surface area contributed by atoms with Gasteiger partial charge in [-0.3, -0.25) is 14.2 Å². The van der Waals surface area contributed by atoms with Crippen LogP contribution in [0.4, 0.5) is 0 Å². The van der Waals surface area contributed by atoms with E-state index in [-0.39, 0.29) is 24.8 Å². The maximum absolute atomic E-state index is 11.8. The molecule has 2 amide bonds. The second kappa shape index (κ2) is 15.7. The zero-order valence-electron chi connectivity index (χ0n) is 18.1. The summed E-state index contributed by atoms with van der Waals surface area (Å²) >= 11 is 0. The van der Waals surface area contributed by atoms with Crippen molar-refractivity contribution in [3.8, 4) is 0 Å². The van der Waals surface area contributed by atoms with Gasteiger partial charge in [-0.1, -0.05) is 0 Å². The molecule has 12 nitrogen and oxygen atoms in total. The number of phosphoric acid groups is 1. The number of carbonyl (C=O) groups excluding carboxylic acids is 2. The van der Waals surface area contributed by atoms with Gasteiger partial charge in [-0.2, -0.15) is 0 Å². The van der Waals surface area contributed by atoms with E-state index >= 15 is 0 Å². The van der Waals surface area contributed by atoms with E-state index in [1.165, 1.54) is 0 Å². The van der Waals surface area contributed by atoms with Gasteiger partial charge in [-0.25, -0.2) is 0 Å². The van der Waals surface area contributed by atoms with Crippen LogP contribution in [0.15, 0.2) is 0 Å². The van der Waals surface area contributed by atoms with Crippen molar-refractivity contribution < 1.29 is 42.4 Å². The van der Waals surface area contributed by atoms with Crippen LogP contribution >= 0.6 is 7.82 Å². The highest BCUT2D eigenvalue weighted by Crippen LogP contribution is 2.30. The molecule has 13 heteroatoms. The normalized spacial score (nSPS) is 17.6. The van der Waals surface area contributed by atoms with Crippen molar-refractivity contribution in [2.24, 2.45) is 5.73 Å². The van der Waals surface area contributed by atoms with E-state index in [0.29, 0.717) is 83.1 Å². The Morgan fingerprint density at radius 2 is 1.68 bits per heavy atom. The molecule has 0 saturated carbocycles. The average molecular weight is 468 g/mol.